The van der Waals surface area contributed by atoms with Crippen LogP contribution in [0.5, 0.6) is 0 Å². The molecule has 1 atom stereocenters. The summed E-state index contributed by atoms with van der Waals surface area (Å²) in [6.45, 7) is 0.353. The third-order valence-electron chi connectivity index (χ3n) is 4.44. The molecule has 0 fully saturated rings. The molecule has 4 rings (SSSR count). The molecule has 3 aromatic rings. The van der Waals surface area contributed by atoms with Crippen LogP contribution in [0.15, 0.2) is 35.1 Å². The van der Waals surface area contributed by atoms with Crippen molar-refractivity contribution in [1.82, 2.24) is 14.9 Å². The van der Waals surface area contributed by atoms with E-state index < -0.39 is 0 Å². The maximum Gasteiger partial charge on any atom is 0.254 e. The van der Waals surface area contributed by atoms with E-state index in [1.54, 1.807) is 11.6 Å². The Hall–Kier alpha value is -2.67. The minimum atomic E-state index is -0.319. The topological polar surface area (TPSA) is 90.0 Å². The second kappa shape index (κ2) is 5.45. The fourth-order valence-corrected chi connectivity index (χ4v) is 4.23. The Morgan fingerprint density at radius 3 is 2.96 bits per heavy atom. The van der Waals surface area contributed by atoms with Gasteiger partial charge in [0.05, 0.1) is 17.8 Å². The van der Waals surface area contributed by atoms with E-state index >= 15 is 0 Å². The van der Waals surface area contributed by atoms with E-state index in [1.807, 2.05) is 30.3 Å². The van der Waals surface area contributed by atoms with Gasteiger partial charge < -0.3 is 15.6 Å². The summed E-state index contributed by atoms with van der Waals surface area (Å²) in [7, 11) is 1.76. The summed E-state index contributed by atoms with van der Waals surface area (Å²) in [4.78, 5) is 30.2. The molecule has 3 heterocycles. The second-order valence-corrected chi connectivity index (χ2v) is 6.98. The molecule has 0 bridgehead atoms. The predicted molar refractivity (Wildman–Crippen MR) is 94.0 cm³/mol. The number of nitrogens with two attached hydrogens (primary N) is 1. The first kappa shape index (κ1) is 14.9. The first-order valence-electron chi connectivity index (χ1n) is 7.65. The number of carbonyl (C=O) groups excluding carboxylic acids is 1. The van der Waals surface area contributed by atoms with Gasteiger partial charge in [-0.3, -0.25) is 9.59 Å². The van der Waals surface area contributed by atoms with E-state index in [4.69, 9.17) is 5.73 Å². The summed E-state index contributed by atoms with van der Waals surface area (Å²) in [5.74, 6) is -0.403. The van der Waals surface area contributed by atoms with Crippen molar-refractivity contribution < 1.29 is 4.79 Å². The standard InChI is InChI=1S/C17H16N4O2S/c1-21-13-5-3-2-4-9(13)6-11(16(21)23)10-7-14(22)19-8-12-15(10)24-17(18)20-12/h2-6,10H,7-8H2,1H3,(H2,18,20)(H,19,22). The van der Waals surface area contributed by atoms with E-state index in [1.165, 1.54) is 11.3 Å². The van der Waals surface area contributed by atoms with Crippen molar-refractivity contribution in [2.45, 2.75) is 18.9 Å². The highest BCUT2D eigenvalue weighted by Crippen LogP contribution is 2.36. The number of thiazole rings is 1. The molecule has 6 nitrogen and oxygen atoms in total. The van der Waals surface area contributed by atoms with Gasteiger partial charge in [0.2, 0.25) is 5.91 Å². The minimum Gasteiger partial charge on any atom is -0.375 e. The zero-order valence-electron chi connectivity index (χ0n) is 13.1. The van der Waals surface area contributed by atoms with Crippen molar-refractivity contribution in [2.75, 3.05) is 5.73 Å². The number of aromatic nitrogens is 2. The van der Waals surface area contributed by atoms with Gasteiger partial charge in [-0.25, -0.2) is 4.98 Å². The van der Waals surface area contributed by atoms with Crippen LogP contribution >= 0.6 is 11.3 Å². The normalized spacial score (nSPS) is 17.4. The zero-order chi connectivity index (χ0) is 16.8. The Bertz CT molecular complexity index is 1020. The Morgan fingerprint density at radius 1 is 1.33 bits per heavy atom. The number of nitrogens with zero attached hydrogens (tertiary/aromatic N) is 2. The molecule has 24 heavy (non-hydrogen) atoms. The zero-order valence-corrected chi connectivity index (χ0v) is 13.9. The molecular formula is C17H16N4O2S. The maximum atomic E-state index is 12.9. The number of fused-ring (bicyclic) bond motifs is 2. The number of benzene rings is 1. The summed E-state index contributed by atoms with van der Waals surface area (Å²) in [5.41, 5.74) is 7.99. The third kappa shape index (κ3) is 2.28. The smallest absolute Gasteiger partial charge is 0.254 e. The third-order valence-corrected chi connectivity index (χ3v) is 5.48. The van der Waals surface area contributed by atoms with Crippen molar-refractivity contribution in [3.05, 3.63) is 56.8 Å². The molecule has 0 saturated heterocycles. The van der Waals surface area contributed by atoms with Gasteiger partial charge in [-0.1, -0.05) is 18.2 Å². The monoisotopic (exact) mass is 340 g/mol. The number of rotatable bonds is 1. The van der Waals surface area contributed by atoms with Crippen LogP contribution in [0.4, 0.5) is 5.13 Å². The number of para-hydroxylation sites is 1. The van der Waals surface area contributed by atoms with Gasteiger partial charge in [0.1, 0.15) is 0 Å². The first-order chi connectivity index (χ1) is 11.5. The average Bonchev–Trinajstić information content (AvgIpc) is 2.88. The molecule has 1 aliphatic heterocycles. The van der Waals surface area contributed by atoms with Gasteiger partial charge in [-0.15, -0.1) is 11.3 Å². The highest BCUT2D eigenvalue weighted by molar-refractivity contribution is 7.15. The van der Waals surface area contributed by atoms with E-state index in [0.29, 0.717) is 17.2 Å². The Morgan fingerprint density at radius 2 is 2.12 bits per heavy atom. The Kier molecular flexibility index (Phi) is 3.38. The predicted octanol–water partition coefficient (Wildman–Crippen LogP) is 1.73. The van der Waals surface area contributed by atoms with Crippen LogP contribution in [0.3, 0.4) is 0 Å². The largest absolute Gasteiger partial charge is 0.375 e. The van der Waals surface area contributed by atoms with E-state index in [-0.39, 0.29) is 23.8 Å². The van der Waals surface area contributed by atoms with Crippen molar-refractivity contribution in [3.63, 3.8) is 0 Å². The number of hydrogen-bond donors (Lipinski definition) is 2. The molecule has 3 N–H and O–H groups in total. The SMILES string of the molecule is Cn1c(=O)c(C2CC(=O)NCc3nc(N)sc32)cc2ccccc21. The molecule has 1 aliphatic rings. The number of pyridine rings is 1. The summed E-state index contributed by atoms with van der Waals surface area (Å²) in [6, 6.07) is 9.61. The maximum absolute atomic E-state index is 12.9. The number of hydrogen-bond acceptors (Lipinski definition) is 5. The number of nitrogen functional groups attached to an aromatic ring is 1. The van der Waals surface area contributed by atoms with Crippen molar-refractivity contribution in [1.29, 1.82) is 0 Å². The quantitative estimate of drug-likeness (QED) is 0.706. The molecule has 0 spiro atoms. The molecule has 0 aliphatic carbocycles. The van der Waals surface area contributed by atoms with Gasteiger partial charge in [0.25, 0.3) is 5.56 Å². The number of carbonyl (C=O) groups is 1. The lowest BCUT2D eigenvalue weighted by molar-refractivity contribution is -0.121. The lowest BCUT2D eigenvalue weighted by atomic mass is 9.93. The number of amides is 1. The molecule has 2 aromatic heterocycles. The van der Waals surface area contributed by atoms with Crippen LogP contribution in [0.2, 0.25) is 0 Å². The summed E-state index contributed by atoms with van der Waals surface area (Å²) >= 11 is 1.35. The van der Waals surface area contributed by atoms with Crippen LogP contribution in [0.25, 0.3) is 10.9 Å². The van der Waals surface area contributed by atoms with E-state index in [2.05, 4.69) is 10.3 Å². The first-order valence-corrected chi connectivity index (χ1v) is 8.46. The van der Waals surface area contributed by atoms with Gasteiger partial charge in [0, 0.05) is 29.8 Å². The lowest BCUT2D eigenvalue weighted by Crippen LogP contribution is -2.26. The van der Waals surface area contributed by atoms with Crippen molar-refractivity contribution in [3.8, 4) is 0 Å². The van der Waals surface area contributed by atoms with Crippen LogP contribution in [0.1, 0.15) is 28.5 Å². The van der Waals surface area contributed by atoms with Gasteiger partial charge >= 0.3 is 0 Å². The minimum absolute atomic E-state index is 0.0843. The van der Waals surface area contributed by atoms with Crippen molar-refractivity contribution in [2.24, 2.45) is 7.05 Å². The summed E-state index contributed by atoms with van der Waals surface area (Å²) in [6.07, 6.45) is 0.224. The number of anilines is 1. The van der Waals surface area contributed by atoms with Crippen LogP contribution in [-0.2, 0) is 18.4 Å². The molecule has 122 valence electrons. The number of nitrogens with one attached hydrogen (secondary N) is 1. The van der Waals surface area contributed by atoms with Crippen LogP contribution in [-0.4, -0.2) is 15.5 Å². The van der Waals surface area contributed by atoms with Gasteiger partial charge in [-0.05, 0) is 17.5 Å². The van der Waals surface area contributed by atoms with Gasteiger partial charge in [0.15, 0.2) is 5.13 Å². The molecule has 1 aromatic carbocycles. The molecular weight excluding hydrogens is 324 g/mol. The Balaban J connectivity index is 1.97. The average molecular weight is 340 g/mol. The molecule has 7 heteroatoms. The highest BCUT2D eigenvalue weighted by atomic mass is 32.1. The highest BCUT2D eigenvalue weighted by Gasteiger charge is 2.30. The van der Waals surface area contributed by atoms with Crippen molar-refractivity contribution >= 4 is 33.3 Å². The van der Waals surface area contributed by atoms with Crippen LogP contribution in [0, 0.1) is 0 Å². The molecule has 0 radical (unpaired) electrons. The summed E-state index contributed by atoms with van der Waals surface area (Å²) < 4.78 is 1.64. The number of aryl methyl sites for hydroxylation is 1. The van der Waals surface area contributed by atoms with E-state index in [0.717, 1.165) is 21.5 Å². The lowest BCUT2D eigenvalue weighted by Gasteiger charge is -2.15. The second-order valence-electron chi connectivity index (χ2n) is 5.92. The fraction of sp³-hybridized carbons (Fsp3) is 0.235. The molecule has 1 unspecified atom stereocenters. The van der Waals surface area contributed by atoms with Gasteiger partial charge in [-0.2, -0.15) is 0 Å². The Labute approximate surface area is 141 Å². The molecule has 1 amide bonds. The fourth-order valence-electron chi connectivity index (χ4n) is 3.26. The molecule has 0 saturated carbocycles. The summed E-state index contributed by atoms with van der Waals surface area (Å²) in [5, 5.41) is 4.25. The van der Waals surface area contributed by atoms with Crippen LogP contribution < -0.4 is 16.6 Å². The van der Waals surface area contributed by atoms with E-state index in [9.17, 15) is 9.59 Å².